The van der Waals surface area contributed by atoms with Crippen molar-refractivity contribution in [3.05, 3.63) is 51.1 Å². The van der Waals surface area contributed by atoms with Crippen molar-refractivity contribution in [1.29, 1.82) is 0 Å². The molecule has 0 aliphatic heterocycles. The number of benzene rings is 1. The fourth-order valence-corrected chi connectivity index (χ4v) is 1.78. The van der Waals surface area contributed by atoms with Crippen molar-refractivity contribution in [2.75, 3.05) is 13.6 Å². The lowest BCUT2D eigenvalue weighted by atomic mass is 10.1. The van der Waals surface area contributed by atoms with Crippen molar-refractivity contribution < 1.29 is 9.72 Å². The molecule has 0 aromatic heterocycles. The van der Waals surface area contributed by atoms with E-state index in [-0.39, 0.29) is 22.2 Å². The average Bonchev–Trinajstić information content (AvgIpc) is 2.27. The Morgan fingerprint density at radius 1 is 1.56 bits per heavy atom. The third-order valence-electron chi connectivity index (χ3n) is 2.26. The van der Waals surface area contributed by atoms with E-state index in [4.69, 9.17) is 11.6 Å². The topological polar surface area (TPSA) is 63.5 Å². The first kappa shape index (κ1) is 14.2. The molecule has 0 aliphatic carbocycles. The summed E-state index contributed by atoms with van der Waals surface area (Å²) in [4.78, 5) is 23.6. The Kier molecular flexibility index (Phi) is 4.44. The van der Waals surface area contributed by atoms with Crippen molar-refractivity contribution in [3.63, 3.8) is 0 Å². The van der Waals surface area contributed by atoms with Gasteiger partial charge in [-0.05, 0) is 13.0 Å². The molecular formula is C12H13ClN2O3. The van der Waals surface area contributed by atoms with Gasteiger partial charge in [0.15, 0.2) is 0 Å². The first-order valence-electron chi connectivity index (χ1n) is 5.17. The lowest BCUT2D eigenvalue weighted by Gasteiger charge is -2.17. The number of halogens is 1. The highest BCUT2D eigenvalue weighted by molar-refractivity contribution is 6.35. The standard InChI is InChI=1S/C12H13ClN2O3/c1-8(2)7-14(3)12(16)9-5-4-6-10(11(9)13)15(17)18/h4-6H,1,7H2,2-3H3. The summed E-state index contributed by atoms with van der Waals surface area (Å²) in [7, 11) is 1.59. The van der Waals surface area contributed by atoms with Gasteiger partial charge < -0.3 is 4.90 Å². The number of amides is 1. The Balaban J connectivity index is 3.10. The molecule has 0 saturated carbocycles. The maximum absolute atomic E-state index is 12.1. The molecule has 0 radical (unpaired) electrons. The van der Waals surface area contributed by atoms with E-state index in [2.05, 4.69) is 6.58 Å². The largest absolute Gasteiger partial charge is 0.338 e. The maximum atomic E-state index is 12.1. The van der Waals surface area contributed by atoms with E-state index in [1.54, 1.807) is 14.0 Å². The maximum Gasteiger partial charge on any atom is 0.288 e. The van der Waals surface area contributed by atoms with Gasteiger partial charge in [0, 0.05) is 19.7 Å². The van der Waals surface area contributed by atoms with Crippen molar-refractivity contribution in [1.82, 2.24) is 4.90 Å². The van der Waals surface area contributed by atoms with E-state index in [1.165, 1.54) is 23.1 Å². The van der Waals surface area contributed by atoms with Crippen LogP contribution >= 0.6 is 11.6 Å². The monoisotopic (exact) mass is 268 g/mol. The van der Waals surface area contributed by atoms with Gasteiger partial charge in [-0.25, -0.2) is 0 Å². The fraction of sp³-hybridized carbons (Fsp3) is 0.250. The smallest absolute Gasteiger partial charge is 0.288 e. The minimum atomic E-state index is -0.613. The van der Waals surface area contributed by atoms with Gasteiger partial charge in [-0.3, -0.25) is 14.9 Å². The van der Waals surface area contributed by atoms with Crippen LogP contribution in [0.15, 0.2) is 30.4 Å². The van der Waals surface area contributed by atoms with Crippen molar-refractivity contribution >= 4 is 23.2 Å². The van der Waals surface area contributed by atoms with Crippen LogP contribution in [-0.4, -0.2) is 29.3 Å². The lowest BCUT2D eigenvalue weighted by molar-refractivity contribution is -0.384. The fourth-order valence-electron chi connectivity index (χ4n) is 1.51. The Morgan fingerprint density at radius 2 is 2.17 bits per heavy atom. The molecule has 0 heterocycles. The van der Waals surface area contributed by atoms with Crippen LogP contribution in [-0.2, 0) is 0 Å². The van der Waals surface area contributed by atoms with E-state index < -0.39 is 4.92 Å². The lowest BCUT2D eigenvalue weighted by Crippen LogP contribution is -2.28. The number of carbonyl (C=O) groups excluding carboxylic acids is 1. The number of nitro benzene ring substituents is 1. The molecule has 0 N–H and O–H groups in total. The summed E-state index contributed by atoms with van der Waals surface area (Å²) in [5.74, 6) is -0.369. The predicted octanol–water partition coefficient (Wildman–Crippen LogP) is 2.90. The third-order valence-corrected chi connectivity index (χ3v) is 2.66. The molecule has 1 aromatic rings. The molecule has 6 heteroatoms. The van der Waals surface area contributed by atoms with Crippen LogP contribution in [0.25, 0.3) is 0 Å². The van der Waals surface area contributed by atoms with Crippen LogP contribution in [0.4, 0.5) is 5.69 Å². The molecule has 0 bridgehead atoms. The molecule has 0 unspecified atom stereocenters. The first-order valence-corrected chi connectivity index (χ1v) is 5.55. The summed E-state index contributed by atoms with van der Waals surface area (Å²) in [6, 6.07) is 4.16. The van der Waals surface area contributed by atoms with Gasteiger partial charge in [-0.15, -0.1) is 0 Å². The average molecular weight is 269 g/mol. The predicted molar refractivity (Wildman–Crippen MR) is 69.9 cm³/mol. The molecule has 0 spiro atoms. The number of nitro groups is 1. The second kappa shape index (κ2) is 5.64. The van der Waals surface area contributed by atoms with Crippen LogP contribution in [0.1, 0.15) is 17.3 Å². The van der Waals surface area contributed by atoms with Gasteiger partial charge >= 0.3 is 0 Å². The van der Waals surface area contributed by atoms with E-state index in [0.717, 1.165) is 5.57 Å². The minimum Gasteiger partial charge on any atom is -0.338 e. The normalized spacial score (nSPS) is 9.94. The number of carbonyl (C=O) groups is 1. The number of likely N-dealkylation sites (N-methyl/N-ethyl adjacent to an activating group) is 1. The molecule has 1 amide bonds. The van der Waals surface area contributed by atoms with Gasteiger partial charge in [0.05, 0.1) is 10.5 Å². The molecule has 0 saturated heterocycles. The first-order chi connectivity index (χ1) is 8.34. The number of hydrogen-bond acceptors (Lipinski definition) is 3. The molecule has 1 aromatic carbocycles. The second-order valence-electron chi connectivity index (χ2n) is 4.01. The van der Waals surface area contributed by atoms with Crippen molar-refractivity contribution in [3.8, 4) is 0 Å². The summed E-state index contributed by atoms with van der Waals surface area (Å²) in [6.45, 7) is 5.87. The number of rotatable bonds is 4. The van der Waals surface area contributed by atoms with E-state index in [1.807, 2.05) is 0 Å². The van der Waals surface area contributed by atoms with Crippen molar-refractivity contribution in [2.24, 2.45) is 0 Å². The summed E-state index contributed by atoms with van der Waals surface area (Å²) in [5.41, 5.74) is 0.660. The van der Waals surface area contributed by atoms with Gasteiger partial charge in [0.1, 0.15) is 5.02 Å². The summed E-state index contributed by atoms with van der Waals surface area (Å²) >= 11 is 5.87. The highest BCUT2D eigenvalue weighted by atomic mass is 35.5. The highest BCUT2D eigenvalue weighted by Crippen LogP contribution is 2.28. The van der Waals surface area contributed by atoms with Crippen LogP contribution in [0.5, 0.6) is 0 Å². The van der Waals surface area contributed by atoms with Crippen LogP contribution in [0.3, 0.4) is 0 Å². The minimum absolute atomic E-state index is 0.120. The molecule has 18 heavy (non-hydrogen) atoms. The molecule has 0 aliphatic rings. The summed E-state index contributed by atoms with van der Waals surface area (Å²) in [6.07, 6.45) is 0. The molecule has 0 fully saturated rings. The van der Waals surface area contributed by atoms with Gasteiger partial charge in [-0.2, -0.15) is 0 Å². The Hall–Kier alpha value is -1.88. The number of nitrogens with zero attached hydrogens (tertiary/aromatic N) is 2. The zero-order valence-corrected chi connectivity index (χ0v) is 10.9. The zero-order chi connectivity index (χ0) is 13.9. The van der Waals surface area contributed by atoms with E-state index in [0.29, 0.717) is 6.54 Å². The van der Waals surface area contributed by atoms with Gasteiger partial charge in [0.2, 0.25) is 0 Å². The Bertz CT molecular complexity index is 514. The quantitative estimate of drug-likeness (QED) is 0.479. The van der Waals surface area contributed by atoms with Crippen LogP contribution in [0, 0.1) is 10.1 Å². The Labute approximate surface area is 110 Å². The van der Waals surface area contributed by atoms with E-state index in [9.17, 15) is 14.9 Å². The van der Waals surface area contributed by atoms with E-state index >= 15 is 0 Å². The highest BCUT2D eigenvalue weighted by Gasteiger charge is 2.21. The molecular weight excluding hydrogens is 256 g/mol. The summed E-state index contributed by atoms with van der Waals surface area (Å²) < 4.78 is 0. The summed E-state index contributed by atoms with van der Waals surface area (Å²) in [5, 5.41) is 10.6. The third kappa shape index (κ3) is 3.07. The van der Waals surface area contributed by atoms with Gasteiger partial charge in [0.25, 0.3) is 11.6 Å². The SMILES string of the molecule is C=C(C)CN(C)C(=O)c1cccc([N+](=O)[O-])c1Cl. The zero-order valence-electron chi connectivity index (χ0n) is 10.1. The second-order valence-corrected chi connectivity index (χ2v) is 4.39. The molecule has 0 atom stereocenters. The molecule has 5 nitrogen and oxygen atoms in total. The van der Waals surface area contributed by atoms with Crippen molar-refractivity contribution in [2.45, 2.75) is 6.92 Å². The van der Waals surface area contributed by atoms with Crippen LogP contribution < -0.4 is 0 Å². The molecule has 1 rings (SSSR count). The Morgan fingerprint density at radius 3 is 2.67 bits per heavy atom. The number of hydrogen-bond donors (Lipinski definition) is 0. The van der Waals surface area contributed by atoms with Gasteiger partial charge in [-0.1, -0.05) is 29.8 Å². The molecule has 96 valence electrons. The van der Waals surface area contributed by atoms with Crippen LogP contribution in [0.2, 0.25) is 5.02 Å².